The molecule has 0 spiro atoms. The van der Waals surface area contributed by atoms with Crippen LogP contribution in [0.1, 0.15) is 27.7 Å². The molecule has 0 atom stereocenters. The van der Waals surface area contributed by atoms with Gasteiger partial charge < -0.3 is 19.7 Å². The van der Waals surface area contributed by atoms with Crippen LogP contribution in [0.15, 0.2) is 0 Å². The standard InChI is InChI=1S/C17H35N3O3/c1-5-19-7-9-20(10-8-19)11-13-23-15-14-22-12-6-18-16(21)17(2,3)4/h5-15H2,1-4H3,(H,18,21). The Balaban J connectivity index is 1.86. The first-order valence-corrected chi connectivity index (χ1v) is 8.82. The molecule has 0 aromatic carbocycles. The highest BCUT2D eigenvalue weighted by atomic mass is 16.5. The van der Waals surface area contributed by atoms with Gasteiger partial charge >= 0.3 is 0 Å². The van der Waals surface area contributed by atoms with Gasteiger partial charge in [0.2, 0.25) is 5.91 Å². The minimum Gasteiger partial charge on any atom is -0.378 e. The van der Waals surface area contributed by atoms with Crippen LogP contribution >= 0.6 is 0 Å². The van der Waals surface area contributed by atoms with E-state index in [1.54, 1.807) is 0 Å². The lowest BCUT2D eigenvalue weighted by atomic mass is 9.96. The van der Waals surface area contributed by atoms with E-state index in [-0.39, 0.29) is 11.3 Å². The first kappa shape index (κ1) is 20.4. The Kier molecular flexibility index (Phi) is 9.71. The van der Waals surface area contributed by atoms with Gasteiger partial charge in [-0.15, -0.1) is 0 Å². The fourth-order valence-electron chi connectivity index (χ4n) is 2.35. The van der Waals surface area contributed by atoms with Crippen molar-refractivity contribution in [3.05, 3.63) is 0 Å². The summed E-state index contributed by atoms with van der Waals surface area (Å²) < 4.78 is 11.1. The summed E-state index contributed by atoms with van der Waals surface area (Å²) in [5.41, 5.74) is -0.342. The maximum Gasteiger partial charge on any atom is 0.225 e. The van der Waals surface area contributed by atoms with E-state index < -0.39 is 0 Å². The summed E-state index contributed by atoms with van der Waals surface area (Å²) >= 11 is 0. The van der Waals surface area contributed by atoms with E-state index in [1.165, 1.54) is 13.1 Å². The van der Waals surface area contributed by atoms with Gasteiger partial charge in [-0.05, 0) is 6.54 Å². The van der Waals surface area contributed by atoms with Gasteiger partial charge in [0, 0.05) is 44.7 Å². The first-order chi connectivity index (χ1) is 10.9. The second kappa shape index (κ2) is 11.0. The van der Waals surface area contributed by atoms with Crippen molar-refractivity contribution in [2.75, 3.05) is 72.2 Å². The van der Waals surface area contributed by atoms with Gasteiger partial charge in [0.05, 0.1) is 26.4 Å². The monoisotopic (exact) mass is 329 g/mol. The summed E-state index contributed by atoms with van der Waals surface area (Å²) in [4.78, 5) is 16.6. The predicted molar refractivity (Wildman–Crippen MR) is 92.7 cm³/mol. The third kappa shape index (κ3) is 9.25. The van der Waals surface area contributed by atoms with Crippen LogP contribution in [-0.2, 0) is 14.3 Å². The highest BCUT2D eigenvalue weighted by Gasteiger charge is 2.20. The molecule has 1 aliphatic rings. The Morgan fingerprint density at radius 1 is 0.957 bits per heavy atom. The Hall–Kier alpha value is -0.690. The lowest BCUT2D eigenvalue weighted by Gasteiger charge is -2.33. The van der Waals surface area contributed by atoms with Gasteiger partial charge in [-0.1, -0.05) is 27.7 Å². The number of amides is 1. The lowest BCUT2D eigenvalue weighted by molar-refractivity contribution is -0.128. The number of hydrogen-bond donors (Lipinski definition) is 1. The minimum atomic E-state index is -0.342. The molecule has 0 aliphatic carbocycles. The number of piperazine rings is 1. The van der Waals surface area contributed by atoms with Crippen LogP contribution in [-0.4, -0.2) is 87.9 Å². The molecule has 0 radical (unpaired) electrons. The van der Waals surface area contributed by atoms with Crippen molar-refractivity contribution >= 4 is 5.91 Å². The molecule has 1 rings (SSSR count). The summed E-state index contributed by atoms with van der Waals surface area (Å²) in [6.07, 6.45) is 0. The van der Waals surface area contributed by atoms with Crippen molar-refractivity contribution in [2.24, 2.45) is 5.41 Å². The molecule has 6 nitrogen and oxygen atoms in total. The molecule has 6 heteroatoms. The lowest BCUT2D eigenvalue weighted by Crippen LogP contribution is -2.47. The molecule has 0 aromatic heterocycles. The number of likely N-dealkylation sites (N-methyl/N-ethyl adjacent to an activating group) is 1. The third-order valence-electron chi connectivity index (χ3n) is 4.05. The SMILES string of the molecule is CCN1CCN(CCOCCOCCNC(=O)C(C)(C)C)CC1. The normalized spacial score (nSPS) is 17.4. The van der Waals surface area contributed by atoms with E-state index in [0.717, 1.165) is 32.8 Å². The fourth-order valence-corrected chi connectivity index (χ4v) is 2.35. The van der Waals surface area contributed by atoms with E-state index in [1.807, 2.05) is 20.8 Å². The average molecular weight is 329 g/mol. The predicted octanol–water partition coefficient (Wildman–Crippen LogP) is 0.819. The quantitative estimate of drug-likeness (QED) is 0.602. The zero-order valence-corrected chi connectivity index (χ0v) is 15.4. The molecule has 0 aromatic rings. The molecule has 136 valence electrons. The number of ether oxygens (including phenoxy) is 2. The molecule has 1 amide bonds. The second-order valence-electron chi connectivity index (χ2n) is 7.01. The molecule has 0 saturated carbocycles. The van der Waals surface area contributed by atoms with Crippen LogP contribution in [0.2, 0.25) is 0 Å². The molecule has 1 N–H and O–H groups in total. The summed E-state index contributed by atoms with van der Waals surface area (Å²) in [5.74, 6) is 0.0560. The smallest absolute Gasteiger partial charge is 0.225 e. The van der Waals surface area contributed by atoms with Crippen LogP contribution in [0, 0.1) is 5.41 Å². The van der Waals surface area contributed by atoms with Gasteiger partial charge in [0.1, 0.15) is 0 Å². The molecule has 1 heterocycles. The zero-order chi connectivity index (χ0) is 17.1. The number of rotatable bonds is 10. The van der Waals surface area contributed by atoms with Crippen molar-refractivity contribution in [3.63, 3.8) is 0 Å². The fraction of sp³-hybridized carbons (Fsp3) is 0.941. The van der Waals surface area contributed by atoms with Gasteiger partial charge in [0.25, 0.3) is 0 Å². The van der Waals surface area contributed by atoms with Crippen molar-refractivity contribution in [2.45, 2.75) is 27.7 Å². The summed E-state index contributed by atoms with van der Waals surface area (Å²) in [7, 11) is 0. The number of nitrogens with zero attached hydrogens (tertiary/aromatic N) is 2. The highest BCUT2D eigenvalue weighted by Crippen LogP contribution is 2.11. The Bertz CT molecular complexity index is 324. The van der Waals surface area contributed by atoms with Gasteiger partial charge in [-0.2, -0.15) is 0 Å². The van der Waals surface area contributed by atoms with Crippen LogP contribution in [0.25, 0.3) is 0 Å². The number of carbonyl (C=O) groups is 1. The van der Waals surface area contributed by atoms with E-state index in [2.05, 4.69) is 22.0 Å². The van der Waals surface area contributed by atoms with Crippen LogP contribution in [0.4, 0.5) is 0 Å². The van der Waals surface area contributed by atoms with E-state index >= 15 is 0 Å². The summed E-state index contributed by atoms with van der Waals surface area (Å²) in [5, 5.41) is 2.86. The van der Waals surface area contributed by atoms with Gasteiger partial charge in [-0.25, -0.2) is 0 Å². The molecule has 1 fully saturated rings. The Morgan fingerprint density at radius 3 is 2.09 bits per heavy atom. The molecular weight excluding hydrogens is 294 g/mol. The second-order valence-corrected chi connectivity index (χ2v) is 7.01. The van der Waals surface area contributed by atoms with E-state index in [0.29, 0.717) is 26.4 Å². The number of nitrogens with one attached hydrogen (secondary N) is 1. The molecular formula is C17H35N3O3. The largest absolute Gasteiger partial charge is 0.378 e. The average Bonchev–Trinajstić information content (AvgIpc) is 2.52. The van der Waals surface area contributed by atoms with Crippen molar-refractivity contribution in [3.8, 4) is 0 Å². The maximum absolute atomic E-state index is 11.6. The molecule has 1 saturated heterocycles. The van der Waals surface area contributed by atoms with Gasteiger partial charge in [-0.3, -0.25) is 9.69 Å². The minimum absolute atomic E-state index is 0.0560. The Labute approximate surface area is 141 Å². The molecule has 23 heavy (non-hydrogen) atoms. The molecule has 0 unspecified atom stereocenters. The van der Waals surface area contributed by atoms with Gasteiger partial charge in [0.15, 0.2) is 0 Å². The van der Waals surface area contributed by atoms with Crippen molar-refractivity contribution < 1.29 is 14.3 Å². The van der Waals surface area contributed by atoms with Crippen LogP contribution in [0.5, 0.6) is 0 Å². The molecule has 0 bridgehead atoms. The summed E-state index contributed by atoms with van der Waals surface area (Å²) in [6, 6.07) is 0. The van der Waals surface area contributed by atoms with E-state index in [9.17, 15) is 4.79 Å². The first-order valence-electron chi connectivity index (χ1n) is 8.82. The summed E-state index contributed by atoms with van der Waals surface area (Å²) in [6.45, 7) is 17.7. The Morgan fingerprint density at radius 2 is 1.52 bits per heavy atom. The van der Waals surface area contributed by atoms with Crippen molar-refractivity contribution in [1.82, 2.24) is 15.1 Å². The number of hydrogen-bond acceptors (Lipinski definition) is 5. The maximum atomic E-state index is 11.6. The highest BCUT2D eigenvalue weighted by molar-refractivity contribution is 5.81. The molecule has 1 aliphatic heterocycles. The third-order valence-corrected chi connectivity index (χ3v) is 4.05. The topological polar surface area (TPSA) is 54.0 Å². The number of carbonyl (C=O) groups excluding carboxylic acids is 1. The van der Waals surface area contributed by atoms with Crippen LogP contribution < -0.4 is 5.32 Å². The van der Waals surface area contributed by atoms with Crippen LogP contribution in [0.3, 0.4) is 0 Å². The van der Waals surface area contributed by atoms with Crippen molar-refractivity contribution in [1.29, 1.82) is 0 Å². The zero-order valence-electron chi connectivity index (χ0n) is 15.4. The van der Waals surface area contributed by atoms with E-state index in [4.69, 9.17) is 9.47 Å².